The Morgan fingerprint density at radius 2 is 1.84 bits per heavy atom. The number of likely N-dealkylation sites (tertiary alicyclic amines) is 1. The third kappa shape index (κ3) is 7.13. The third-order valence-electron chi connectivity index (χ3n) is 6.53. The fourth-order valence-electron chi connectivity index (χ4n) is 3.70. The molecule has 1 saturated heterocycles. The summed E-state index contributed by atoms with van der Waals surface area (Å²) in [5, 5.41) is 9.22. The van der Waals surface area contributed by atoms with Crippen molar-refractivity contribution < 1.29 is 23.9 Å². The molecule has 2 rings (SSSR count). The minimum atomic E-state index is -2.22. The van der Waals surface area contributed by atoms with E-state index in [1.165, 1.54) is 6.08 Å². The highest BCUT2D eigenvalue weighted by Gasteiger charge is 2.40. The summed E-state index contributed by atoms with van der Waals surface area (Å²) in [6, 6.07) is 9.63. The number of amides is 1. The van der Waals surface area contributed by atoms with Gasteiger partial charge in [0.1, 0.15) is 0 Å². The van der Waals surface area contributed by atoms with Crippen molar-refractivity contribution in [3.05, 3.63) is 48.0 Å². The number of carbonyl (C=O) groups is 3. The topological polar surface area (TPSA) is 83.9 Å². The van der Waals surface area contributed by atoms with E-state index in [-0.39, 0.29) is 41.5 Å². The first kappa shape index (κ1) is 26.0. The maximum Gasteiger partial charge on any atom is 0.305 e. The van der Waals surface area contributed by atoms with Crippen LogP contribution in [0.5, 0.6) is 0 Å². The van der Waals surface area contributed by atoms with Crippen molar-refractivity contribution in [2.75, 3.05) is 0 Å². The Balaban J connectivity index is 2.09. The van der Waals surface area contributed by atoms with E-state index in [0.29, 0.717) is 13.0 Å². The Morgan fingerprint density at radius 1 is 1.22 bits per heavy atom. The highest BCUT2D eigenvalue weighted by atomic mass is 28.4. The van der Waals surface area contributed by atoms with Gasteiger partial charge >= 0.3 is 5.97 Å². The van der Waals surface area contributed by atoms with Crippen LogP contribution in [-0.4, -0.2) is 48.1 Å². The molecule has 1 N–H and O–H groups in total. The molecule has 0 bridgehead atoms. The monoisotopic (exact) mass is 459 g/mol. The van der Waals surface area contributed by atoms with E-state index in [4.69, 9.17) is 4.43 Å². The van der Waals surface area contributed by atoms with Gasteiger partial charge in [0.15, 0.2) is 14.1 Å². The van der Waals surface area contributed by atoms with Crippen LogP contribution in [0.4, 0.5) is 0 Å². The lowest BCUT2D eigenvalue weighted by Gasteiger charge is -2.38. The van der Waals surface area contributed by atoms with Crippen LogP contribution >= 0.6 is 0 Å². The third-order valence-corrected chi connectivity index (χ3v) is 11.1. The largest absolute Gasteiger partial charge is 0.481 e. The number of allylic oxidation sites excluding steroid dienone is 1. The summed E-state index contributed by atoms with van der Waals surface area (Å²) in [5.41, 5.74) is 1.05. The first-order valence-electron chi connectivity index (χ1n) is 11.2. The molecule has 1 aliphatic rings. The normalized spacial score (nSPS) is 20.7. The van der Waals surface area contributed by atoms with Gasteiger partial charge in [0.25, 0.3) is 0 Å². The minimum Gasteiger partial charge on any atom is -0.481 e. The van der Waals surface area contributed by atoms with E-state index < -0.39 is 20.4 Å². The Morgan fingerprint density at radius 3 is 2.41 bits per heavy atom. The number of rotatable bonds is 10. The average molecular weight is 460 g/mol. The Kier molecular flexibility index (Phi) is 8.59. The van der Waals surface area contributed by atoms with Gasteiger partial charge in [-0.25, -0.2) is 0 Å². The first-order chi connectivity index (χ1) is 14.8. The van der Waals surface area contributed by atoms with Crippen molar-refractivity contribution in [3.63, 3.8) is 0 Å². The molecule has 176 valence electrons. The molecule has 0 aliphatic carbocycles. The fourth-order valence-corrected chi connectivity index (χ4v) is 5.05. The van der Waals surface area contributed by atoms with E-state index in [0.717, 1.165) is 5.56 Å². The summed E-state index contributed by atoms with van der Waals surface area (Å²) in [5.74, 6) is -0.974. The Hall–Kier alpha value is -2.25. The number of benzene rings is 1. The summed E-state index contributed by atoms with van der Waals surface area (Å²) in [6.07, 6.45) is 2.90. The second-order valence-corrected chi connectivity index (χ2v) is 15.1. The smallest absolute Gasteiger partial charge is 0.305 e. The summed E-state index contributed by atoms with van der Waals surface area (Å²) >= 11 is 0. The quantitative estimate of drug-likeness (QED) is 0.401. The minimum absolute atomic E-state index is 0.0169. The molecule has 0 spiro atoms. The highest BCUT2D eigenvalue weighted by Crippen LogP contribution is 2.38. The molecule has 1 aliphatic heterocycles. The number of hydrogen-bond donors (Lipinski definition) is 1. The van der Waals surface area contributed by atoms with E-state index >= 15 is 0 Å². The lowest BCUT2D eigenvalue weighted by atomic mass is 10.0. The summed E-state index contributed by atoms with van der Waals surface area (Å²) in [4.78, 5) is 38.4. The SMILES string of the molecule is C[C@@H]1CC(=O)N(Cc2ccccc2)[C@@H]1/C=C/C(=O)C[C@H](CC(=O)O)O[Si](C)(C)C(C)(C)C. The van der Waals surface area contributed by atoms with Crippen LogP contribution in [0.1, 0.15) is 52.5 Å². The van der Waals surface area contributed by atoms with Gasteiger partial charge in [-0.3, -0.25) is 14.4 Å². The number of ketones is 1. The number of carboxylic acid groups (broad SMARTS) is 1. The van der Waals surface area contributed by atoms with Crippen LogP contribution in [0, 0.1) is 5.92 Å². The van der Waals surface area contributed by atoms with Gasteiger partial charge in [0, 0.05) is 19.4 Å². The van der Waals surface area contributed by atoms with Crippen molar-refractivity contribution in [2.24, 2.45) is 5.92 Å². The molecule has 1 heterocycles. The zero-order valence-corrected chi connectivity index (χ0v) is 21.1. The molecule has 7 heteroatoms. The van der Waals surface area contributed by atoms with Crippen LogP contribution in [0.15, 0.2) is 42.5 Å². The molecule has 0 unspecified atom stereocenters. The summed E-state index contributed by atoms with van der Waals surface area (Å²) in [7, 11) is -2.22. The molecular formula is C25H37NO5Si. The van der Waals surface area contributed by atoms with Gasteiger partial charge in [-0.1, -0.05) is 64.1 Å². The van der Waals surface area contributed by atoms with Gasteiger partial charge < -0.3 is 14.4 Å². The lowest BCUT2D eigenvalue weighted by Crippen LogP contribution is -2.44. The number of carboxylic acids is 1. The van der Waals surface area contributed by atoms with Gasteiger partial charge in [0.05, 0.1) is 18.6 Å². The van der Waals surface area contributed by atoms with E-state index in [1.54, 1.807) is 6.08 Å². The molecular weight excluding hydrogens is 422 g/mol. The van der Waals surface area contributed by atoms with Crippen LogP contribution in [0.3, 0.4) is 0 Å². The van der Waals surface area contributed by atoms with E-state index in [2.05, 4.69) is 33.9 Å². The Labute approximate surface area is 192 Å². The van der Waals surface area contributed by atoms with Crippen LogP contribution in [0.25, 0.3) is 0 Å². The predicted octanol–water partition coefficient (Wildman–Crippen LogP) is 4.80. The number of aliphatic carboxylic acids is 1. The maximum absolute atomic E-state index is 12.7. The van der Waals surface area contributed by atoms with E-state index in [9.17, 15) is 19.5 Å². The van der Waals surface area contributed by atoms with Crippen LogP contribution < -0.4 is 0 Å². The van der Waals surface area contributed by atoms with Crippen molar-refractivity contribution in [1.29, 1.82) is 0 Å². The molecule has 6 nitrogen and oxygen atoms in total. The second kappa shape index (κ2) is 10.6. The van der Waals surface area contributed by atoms with Gasteiger partial charge in [0.2, 0.25) is 5.91 Å². The predicted molar refractivity (Wildman–Crippen MR) is 128 cm³/mol. The average Bonchev–Trinajstić information content (AvgIpc) is 2.91. The molecule has 1 aromatic carbocycles. The first-order valence-corrected chi connectivity index (χ1v) is 14.1. The lowest BCUT2D eigenvalue weighted by molar-refractivity contribution is -0.139. The molecule has 0 radical (unpaired) electrons. The zero-order chi connectivity index (χ0) is 24.1. The van der Waals surface area contributed by atoms with Crippen LogP contribution in [-0.2, 0) is 25.4 Å². The summed E-state index contributed by atoms with van der Waals surface area (Å²) in [6.45, 7) is 12.9. The van der Waals surface area contributed by atoms with Crippen molar-refractivity contribution in [3.8, 4) is 0 Å². The van der Waals surface area contributed by atoms with Gasteiger partial charge in [-0.2, -0.15) is 0 Å². The number of nitrogens with zero attached hydrogens (tertiary/aromatic N) is 1. The number of hydrogen-bond acceptors (Lipinski definition) is 4. The second-order valence-electron chi connectivity index (χ2n) is 10.3. The Bertz CT molecular complexity index is 844. The molecule has 0 saturated carbocycles. The highest BCUT2D eigenvalue weighted by molar-refractivity contribution is 6.74. The number of carbonyl (C=O) groups excluding carboxylic acids is 2. The van der Waals surface area contributed by atoms with Gasteiger partial charge in [-0.05, 0) is 35.7 Å². The van der Waals surface area contributed by atoms with Crippen molar-refractivity contribution in [1.82, 2.24) is 4.90 Å². The van der Waals surface area contributed by atoms with E-state index in [1.807, 2.05) is 42.2 Å². The standard InChI is InChI=1S/C25H37NO5Si/c1-18-14-23(28)26(17-19-10-8-7-9-11-19)22(18)13-12-20(27)15-21(16-24(29)30)31-32(5,6)25(2,3)4/h7-13,18,21-22H,14-17H2,1-6H3,(H,29,30)/b13-12+/t18-,21-,22-/m1/s1. The molecule has 3 atom stereocenters. The summed E-state index contributed by atoms with van der Waals surface area (Å²) < 4.78 is 6.23. The molecule has 1 fully saturated rings. The van der Waals surface area contributed by atoms with Gasteiger partial charge in [-0.15, -0.1) is 0 Å². The zero-order valence-electron chi connectivity index (χ0n) is 20.1. The van der Waals surface area contributed by atoms with Crippen molar-refractivity contribution in [2.45, 2.75) is 83.8 Å². The molecule has 1 aromatic rings. The molecule has 1 amide bonds. The molecule has 32 heavy (non-hydrogen) atoms. The maximum atomic E-state index is 12.7. The van der Waals surface area contributed by atoms with Crippen LogP contribution in [0.2, 0.25) is 18.1 Å². The molecule has 0 aromatic heterocycles. The van der Waals surface area contributed by atoms with Crippen molar-refractivity contribution >= 4 is 26.0 Å². The fraction of sp³-hybridized carbons (Fsp3) is 0.560.